The molecule has 114 valence electrons. The van der Waals surface area contributed by atoms with Crippen molar-refractivity contribution in [1.29, 1.82) is 0 Å². The summed E-state index contributed by atoms with van der Waals surface area (Å²) >= 11 is 1.51. The van der Waals surface area contributed by atoms with Crippen molar-refractivity contribution >= 4 is 21.4 Å². The van der Waals surface area contributed by atoms with E-state index in [1.807, 2.05) is 0 Å². The van der Waals surface area contributed by atoms with Crippen LogP contribution in [0.3, 0.4) is 0 Å². The lowest BCUT2D eigenvalue weighted by atomic mass is 9.93. The van der Waals surface area contributed by atoms with E-state index in [0.29, 0.717) is 24.0 Å². The molecule has 1 N–H and O–H groups in total. The molecule has 1 fully saturated rings. The van der Waals surface area contributed by atoms with Gasteiger partial charge in [-0.05, 0) is 17.9 Å². The third-order valence-corrected chi connectivity index (χ3v) is 6.50. The summed E-state index contributed by atoms with van der Waals surface area (Å²) in [5.41, 5.74) is 0.0884. The van der Waals surface area contributed by atoms with Gasteiger partial charge < -0.3 is 5.32 Å². The zero-order valence-corrected chi connectivity index (χ0v) is 14.3. The van der Waals surface area contributed by atoms with Gasteiger partial charge in [0.15, 0.2) is 0 Å². The topological polar surface area (TPSA) is 49.4 Å². The van der Waals surface area contributed by atoms with Crippen LogP contribution in [-0.2, 0) is 16.6 Å². The van der Waals surface area contributed by atoms with Crippen LogP contribution < -0.4 is 5.32 Å². The molecule has 2 rings (SSSR count). The van der Waals surface area contributed by atoms with Crippen molar-refractivity contribution in [3.8, 4) is 0 Å². The molecule has 0 radical (unpaired) electrons. The van der Waals surface area contributed by atoms with Crippen LogP contribution in [0.15, 0.2) is 16.3 Å². The van der Waals surface area contributed by atoms with Crippen molar-refractivity contribution in [2.45, 2.75) is 51.6 Å². The van der Waals surface area contributed by atoms with Crippen LogP contribution in [0.1, 0.15) is 39.0 Å². The molecular weight excluding hydrogens is 292 g/mol. The molecule has 0 unspecified atom stereocenters. The first-order chi connectivity index (χ1) is 9.21. The third kappa shape index (κ3) is 3.61. The van der Waals surface area contributed by atoms with E-state index in [1.165, 1.54) is 11.3 Å². The summed E-state index contributed by atoms with van der Waals surface area (Å²) in [6, 6.07) is 2.21. The second kappa shape index (κ2) is 5.75. The number of rotatable bonds is 5. The van der Waals surface area contributed by atoms with Gasteiger partial charge in [-0.2, -0.15) is 4.31 Å². The molecule has 0 bridgehead atoms. The highest BCUT2D eigenvalue weighted by Gasteiger charge is 2.37. The molecule has 1 aromatic heterocycles. The van der Waals surface area contributed by atoms with Gasteiger partial charge in [0.05, 0.1) is 4.90 Å². The molecule has 1 aliphatic heterocycles. The molecule has 0 atom stereocenters. The molecule has 20 heavy (non-hydrogen) atoms. The maximum atomic E-state index is 12.6. The normalized spacial score (nSPS) is 19.9. The molecule has 0 spiro atoms. The van der Waals surface area contributed by atoms with E-state index in [2.05, 4.69) is 33.0 Å². The van der Waals surface area contributed by atoms with Gasteiger partial charge in [-0.1, -0.05) is 27.7 Å². The van der Waals surface area contributed by atoms with E-state index in [-0.39, 0.29) is 5.41 Å². The number of thiophene rings is 1. The van der Waals surface area contributed by atoms with Gasteiger partial charge in [-0.3, -0.25) is 0 Å². The molecule has 0 aliphatic carbocycles. The predicted molar refractivity (Wildman–Crippen MR) is 83.5 cm³/mol. The van der Waals surface area contributed by atoms with Crippen LogP contribution in [0.4, 0.5) is 0 Å². The van der Waals surface area contributed by atoms with Gasteiger partial charge in [0.1, 0.15) is 0 Å². The maximum absolute atomic E-state index is 12.6. The van der Waals surface area contributed by atoms with Crippen LogP contribution in [0.5, 0.6) is 0 Å². The molecule has 1 aliphatic rings. The smallest absolute Gasteiger partial charge is 0.243 e. The van der Waals surface area contributed by atoms with Crippen molar-refractivity contribution in [3.05, 3.63) is 16.3 Å². The summed E-state index contributed by atoms with van der Waals surface area (Å²) in [6.45, 7) is 10.4. The quantitative estimate of drug-likeness (QED) is 0.908. The molecule has 1 saturated heterocycles. The minimum absolute atomic E-state index is 0.0884. The van der Waals surface area contributed by atoms with Gasteiger partial charge >= 0.3 is 0 Å². The molecule has 0 amide bonds. The van der Waals surface area contributed by atoms with Crippen LogP contribution >= 0.6 is 11.3 Å². The maximum Gasteiger partial charge on any atom is 0.243 e. The minimum atomic E-state index is -3.31. The molecular formula is C14H24N2O2S2. The van der Waals surface area contributed by atoms with Crippen LogP contribution in [0.25, 0.3) is 0 Å². The Kier molecular flexibility index (Phi) is 4.59. The Morgan fingerprint density at radius 3 is 2.70 bits per heavy atom. The van der Waals surface area contributed by atoms with Gasteiger partial charge in [0.2, 0.25) is 10.0 Å². The third-order valence-electron chi connectivity index (χ3n) is 3.59. The molecule has 2 heterocycles. The number of sulfonamides is 1. The van der Waals surface area contributed by atoms with E-state index in [4.69, 9.17) is 0 Å². The van der Waals surface area contributed by atoms with E-state index in [0.717, 1.165) is 17.8 Å². The first-order valence-electron chi connectivity index (χ1n) is 7.02. The zero-order valence-electron chi connectivity index (χ0n) is 12.6. The van der Waals surface area contributed by atoms with Crippen molar-refractivity contribution < 1.29 is 8.42 Å². The first kappa shape index (κ1) is 15.9. The lowest BCUT2D eigenvalue weighted by Crippen LogP contribution is -2.30. The number of nitrogens with zero attached hydrogens (tertiary/aromatic N) is 1. The van der Waals surface area contributed by atoms with E-state index in [1.54, 1.807) is 15.8 Å². The highest BCUT2D eigenvalue weighted by atomic mass is 32.2. The van der Waals surface area contributed by atoms with Crippen molar-refractivity contribution in [1.82, 2.24) is 9.62 Å². The van der Waals surface area contributed by atoms with Crippen molar-refractivity contribution in [3.63, 3.8) is 0 Å². The Bertz CT molecular complexity index is 561. The second-order valence-electron chi connectivity index (χ2n) is 6.54. The molecule has 0 saturated carbocycles. The van der Waals surface area contributed by atoms with Crippen LogP contribution in [0, 0.1) is 5.41 Å². The largest absolute Gasteiger partial charge is 0.310 e. The Morgan fingerprint density at radius 2 is 2.15 bits per heavy atom. The van der Waals surface area contributed by atoms with Gasteiger partial charge in [0.25, 0.3) is 0 Å². The minimum Gasteiger partial charge on any atom is -0.310 e. The van der Waals surface area contributed by atoms with Crippen LogP contribution in [-0.4, -0.2) is 31.9 Å². The van der Waals surface area contributed by atoms with Gasteiger partial charge in [-0.15, -0.1) is 11.3 Å². The molecule has 6 heteroatoms. The van der Waals surface area contributed by atoms with E-state index in [9.17, 15) is 8.42 Å². The molecule has 0 aromatic carbocycles. The Labute approximate surface area is 126 Å². The van der Waals surface area contributed by atoms with E-state index < -0.39 is 10.0 Å². The molecule has 1 aromatic rings. The summed E-state index contributed by atoms with van der Waals surface area (Å²) < 4.78 is 26.8. The predicted octanol–water partition coefficient (Wildman–Crippen LogP) is 2.67. The Hall–Kier alpha value is -0.430. The van der Waals surface area contributed by atoms with E-state index >= 15 is 0 Å². The SMILES string of the molecule is CC(C)NCc1cc(S(=O)(=O)N2CCC(C)(C)C2)cs1. The average molecular weight is 316 g/mol. The fourth-order valence-corrected chi connectivity index (χ4v) is 5.15. The zero-order chi connectivity index (χ0) is 15.0. The summed E-state index contributed by atoms with van der Waals surface area (Å²) in [6.07, 6.45) is 0.929. The number of hydrogen-bond donors (Lipinski definition) is 1. The van der Waals surface area contributed by atoms with Gasteiger partial charge in [0, 0.05) is 35.9 Å². The number of nitrogens with one attached hydrogen (secondary N) is 1. The second-order valence-corrected chi connectivity index (χ2v) is 9.47. The van der Waals surface area contributed by atoms with Gasteiger partial charge in [-0.25, -0.2) is 8.42 Å². The van der Waals surface area contributed by atoms with Crippen molar-refractivity contribution in [2.24, 2.45) is 5.41 Å². The standard InChI is InChI=1S/C14H24N2O2S2/c1-11(2)15-8-12-7-13(9-19-12)20(17,18)16-6-5-14(3,4)10-16/h7,9,11,15H,5-6,8,10H2,1-4H3. The average Bonchev–Trinajstić information content (AvgIpc) is 2.93. The summed E-state index contributed by atoms with van der Waals surface area (Å²) in [7, 11) is -3.31. The highest BCUT2D eigenvalue weighted by Crippen LogP contribution is 2.33. The fraction of sp³-hybridized carbons (Fsp3) is 0.714. The molecule has 4 nitrogen and oxygen atoms in total. The highest BCUT2D eigenvalue weighted by molar-refractivity contribution is 7.89. The number of hydrogen-bond acceptors (Lipinski definition) is 4. The summed E-state index contributed by atoms with van der Waals surface area (Å²) in [5, 5.41) is 5.07. The lowest BCUT2D eigenvalue weighted by Gasteiger charge is -2.19. The monoisotopic (exact) mass is 316 g/mol. The summed E-state index contributed by atoms with van der Waals surface area (Å²) in [4.78, 5) is 1.51. The Balaban J connectivity index is 2.11. The van der Waals surface area contributed by atoms with Crippen LogP contribution in [0.2, 0.25) is 0 Å². The summed E-state index contributed by atoms with van der Waals surface area (Å²) in [5.74, 6) is 0. The lowest BCUT2D eigenvalue weighted by molar-refractivity contribution is 0.375. The van der Waals surface area contributed by atoms with Crippen molar-refractivity contribution in [2.75, 3.05) is 13.1 Å². The first-order valence-corrected chi connectivity index (χ1v) is 9.34. The Morgan fingerprint density at radius 1 is 1.45 bits per heavy atom. The fourth-order valence-electron chi connectivity index (χ4n) is 2.31.